The number of carbonyl (C=O) groups is 1. The summed E-state index contributed by atoms with van der Waals surface area (Å²) >= 11 is 3.32. The van der Waals surface area contributed by atoms with Gasteiger partial charge in [0.2, 0.25) is 0 Å². The second-order valence-electron chi connectivity index (χ2n) is 3.95. The molecule has 0 amide bonds. The second-order valence-corrected chi connectivity index (χ2v) is 6.12. The van der Waals surface area contributed by atoms with E-state index in [1.54, 1.807) is 22.7 Å². The van der Waals surface area contributed by atoms with Crippen molar-refractivity contribution in [3.63, 3.8) is 0 Å². The fraction of sp³-hybridized carbons (Fsp3) is 0.357. The van der Waals surface area contributed by atoms with E-state index in [9.17, 15) is 4.79 Å². The highest BCUT2D eigenvalue weighted by Gasteiger charge is 2.13. The number of rotatable bonds is 5. The SMILES string of the molecule is CCc1ccc(CC(=O)c2sccc2CC)s1. The van der Waals surface area contributed by atoms with E-state index in [4.69, 9.17) is 0 Å². The Kier molecular flexibility index (Phi) is 4.13. The molecule has 0 spiro atoms. The Morgan fingerprint density at radius 2 is 1.88 bits per heavy atom. The molecule has 0 bridgehead atoms. The number of carbonyl (C=O) groups excluding carboxylic acids is 1. The standard InChI is InChI=1S/C14H16OS2/c1-3-10-7-8-16-14(10)13(15)9-12-6-5-11(4-2)17-12/h5-8H,3-4,9H2,1-2H3. The second kappa shape index (κ2) is 5.61. The molecule has 0 unspecified atom stereocenters. The van der Waals surface area contributed by atoms with E-state index < -0.39 is 0 Å². The van der Waals surface area contributed by atoms with Crippen LogP contribution in [0.5, 0.6) is 0 Å². The summed E-state index contributed by atoms with van der Waals surface area (Å²) in [5.41, 5.74) is 1.19. The molecular weight excluding hydrogens is 248 g/mol. The quantitative estimate of drug-likeness (QED) is 0.733. The summed E-state index contributed by atoms with van der Waals surface area (Å²) in [5, 5.41) is 2.01. The van der Waals surface area contributed by atoms with Crippen molar-refractivity contribution in [1.29, 1.82) is 0 Å². The Labute approximate surface area is 110 Å². The van der Waals surface area contributed by atoms with E-state index in [1.807, 2.05) is 5.38 Å². The molecule has 2 aromatic rings. The highest BCUT2D eigenvalue weighted by Crippen LogP contribution is 2.23. The zero-order chi connectivity index (χ0) is 12.3. The van der Waals surface area contributed by atoms with E-state index in [0.717, 1.165) is 17.7 Å². The first-order chi connectivity index (χ1) is 8.24. The summed E-state index contributed by atoms with van der Waals surface area (Å²) in [4.78, 5) is 15.7. The van der Waals surface area contributed by atoms with E-state index in [0.29, 0.717) is 6.42 Å². The van der Waals surface area contributed by atoms with Crippen molar-refractivity contribution in [2.45, 2.75) is 33.1 Å². The Balaban J connectivity index is 2.11. The maximum absolute atomic E-state index is 12.2. The van der Waals surface area contributed by atoms with Crippen LogP contribution in [0.3, 0.4) is 0 Å². The Bertz CT molecular complexity index is 508. The van der Waals surface area contributed by atoms with Gasteiger partial charge in [-0.05, 0) is 42.0 Å². The molecule has 0 atom stereocenters. The molecule has 17 heavy (non-hydrogen) atoms. The minimum Gasteiger partial charge on any atom is -0.293 e. The van der Waals surface area contributed by atoms with Crippen LogP contribution in [0.4, 0.5) is 0 Å². The summed E-state index contributed by atoms with van der Waals surface area (Å²) in [6.07, 6.45) is 2.55. The van der Waals surface area contributed by atoms with Crippen molar-refractivity contribution in [1.82, 2.24) is 0 Å². The molecule has 1 nitrogen and oxygen atoms in total. The number of hydrogen-bond donors (Lipinski definition) is 0. The van der Waals surface area contributed by atoms with Crippen LogP contribution in [-0.2, 0) is 19.3 Å². The van der Waals surface area contributed by atoms with Gasteiger partial charge >= 0.3 is 0 Å². The number of aryl methyl sites for hydroxylation is 2. The molecule has 0 saturated carbocycles. The zero-order valence-electron chi connectivity index (χ0n) is 10.2. The van der Waals surface area contributed by atoms with E-state index in [-0.39, 0.29) is 5.78 Å². The van der Waals surface area contributed by atoms with Gasteiger partial charge in [-0.2, -0.15) is 0 Å². The molecule has 0 N–H and O–H groups in total. The van der Waals surface area contributed by atoms with Crippen LogP contribution in [0.15, 0.2) is 23.6 Å². The molecule has 0 aliphatic heterocycles. The van der Waals surface area contributed by atoms with Crippen LogP contribution < -0.4 is 0 Å². The summed E-state index contributed by atoms with van der Waals surface area (Å²) < 4.78 is 0. The monoisotopic (exact) mass is 264 g/mol. The van der Waals surface area contributed by atoms with E-state index in [1.165, 1.54) is 15.3 Å². The van der Waals surface area contributed by atoms with Crippen molar-refractivity contribution in [2.24, 2.45) is 0 Å². The van der Waals surface area contributed by atoms with E-state index in [2.05, 4.69) is 32.0 Å². The maximum Gasteiger partial charge on any atom is 0.178 e. The molecular formula is C14H16OS2. The molecule has 2 rings (SSSR count). The van der Waals surface area contributed by atoms with Crippen LogP contribution >= 0.6 is 22.7 Å². The molecule has 0 fully saturated rings. The van der Waals surface area contributed by atoms with Crippen molar-refractivity contribution >= 4 is 28.5 Å². The average Bonchev–Trinajstić information content (AvgIpc) is 2.96. The molecule has 90 valence electrons. The summed E-state index contributed by atoms with van der Waals surface area (Å²) in [6, 6.07) is 6.27. The lowest BCUT2D eigenvalue weighted by Gasteiger charge is -1.99. The third kappa shape index (κ3) is 2.85. The van der Waals surface area contributed by atoms with Crippen molar-refractivity contribution in [2.75, 3.05) is 0 Å². The number of hydrogen-bond acceptors (Lipinski definition) is 3. The predicted molar refractivity (Wildman–Crippen MR) is 75.4 cm³/mol. The number of Topliss-reactive ketones (excluding diaryl/α,β-unsaturated/α-hetero) is 1. The van der Waals surface area contributed by atoms with Crippen LogP contribution in [0.1, 0.15) is 38.8 Å². The van der Waals surface area contributed by atoms with Crippen LogP contribution in [-0.4, -0.2) is 5.78 Å². The molecule has 3 heteroatoms. The van der Waals surface area contributed by atoms with Gasteiger partial charge in [0.15, 0.2) is 5.78 Å². The fourth-order valence-corrected chi connectivity index (χ4v) is 3.70. The Hall–Kier alpha value is -0.930. The van der Waals surface area contributed by atoms with Gasteiger partial charge in [-0.3, -0.25) is 4.79 Å². The van der Waals surface area contributed by atoms with Crippen molar-refractivity contribution < 1.29 is 4.79 Å². The van der Waals surface area contributed by atoms with Gasteiger partial charge in [-0.1, -0.05) is 13.8 Å². The van der Waals surface area contributed by atoms with Crippen LogP contribution in [0.2, 0.25) is 0 Å². The summed E-state index contributed by atoms with van der Waals surface area (Å²) in [5.74, 6) is 0.265. The Morgan fingerprint density at radius 3 is 2.53 bits per heavy atom. The number of ketones is 1. The van der Waals surface area contributed by atoms with E-state index >= 15 is 0 Å². The first-order valence-corrected chi connectivity index (χ1v) is 7.61. The maximum atomic E-state index is 12.2. The zero-order valence-corrected chi connectivity index (χ0v) is 11.8. The fourth-order valence-electron chi connectivity index (χ4n) is 1.80. The topological polar surface area (TPSA) is 17.1 Å². The molecule has 0 aliphatic carbocycles. The van der Waals surface area contributed by atoms with Crippen molar-refractivity contribution in [3.05, 3.63) is 43.8 Å². The molecule has 2 aromatic heterocycles. The van der Waals surface area contributed by atoms with Gasteiger partial charge in [-0.25, -0.2) is 0 Å². The first kappa shape index (κ1) is 12.5. The third-order valence-corrected chi connectivity index (χ3v) is 5.01. The van der Waals surface area contributed by atoms with Crippen LogP contribution in [0, 0.1) is 0 Å². The molecule has 0 aromatic carbocycles. The summed E-state index contributed by atoms with van der Waals surface area (Å²) in [7, 11) is 0. The van der Waals surface area contributed by atoms with Crippen molar-refractivity contribution in [3.8, 4) is 0 Å². The highest BCUT2D eigenvalue weighted by molar-refractivity contribution is 7.13. The lowest BCUT2D eigenvalue weighted by Crippen LogP contribution is -2.02. The minimum absolute atomic E-state index is 0.265. The third-order valence-electron chi connectivity index (χ3n) is 2.78. The molecule has 0 saturated heterocycles. The average molecular weight is 264 g/mol. The lowest BCUT2D eigenvalue weighted by atomic mass is 10.1. The lowest BCUT2D eigenvalue weighted by molar-refractivity contribution is 0.0997. The van der Waals surface area contributed by atoms with Gasteiger partial charge < -0.3 is 0 Å². The molecule has 2 heterocycles. The Morgan fingerprint density at radius 1 is 1.12 bits per heavy atom. The normalized spacial score (nSPS) is 10.7. The van der Waals surface area contributed by atoms with Gasteiger partial charge in [0.25, 0.3) is 0 Å². The smallest absolute Gasteiger partial charge is 0.178 e. The van der Waals surface area contributed by atoms with Gasteiger partial charge in [0, 0.05) is 16.2 Å². The molecule has 0 aliphatic rings. The summed E-state index contributed by atoms with van der Waals surface area (Å²) in [6.45, 7) is 4.24. The first-order valence-electron chi connectivity index (χ1n) is 5.91. The van der Waals surface area contributed by atoms with Gasteiger partial charge in [0.05, 0.1) is 4.88 Å². The highest BCUT2D eigenvalue weighted by atomic mass is 32.1. The molecule has 0 radical (unpaired) electrons. The van der Waals surface area contributed by atoms with Gasteiger partial charge in [0.1, 0.15) is 0 Å². The van der Waals surface area contributed by atoms with Crippen LogP contribution in [0.25, 0.3) is 0 Å². The van der Waals surface area contributed by atoms with Gasteiger partial charge in [-0.15, -0.1) is 22.7 Å². The minimum atomic E-state index is 0.265. The largest absolute Gasteiger partial charge is 0.293 e. The predicted octanol–water partition coefficient (Wildman–Crippen LogP) is 4.36. The number of thiophene rings is 2.